The summed E-state index contributed by atoms with van der Waals surface area (Å²) in [5, 5.41) is 0.387. The normalized spacial score (nSPS) is 12.4. The van der Waals surface area contributed by atoms with Gasteiger partial charge < -0.3 is 0 Å². The minimum Gasteiger partial charge on any atom is -0.271 e. The van der Waals surface area contributed by atoms with Gasteiger partial charge in [0.2, 0.25) is 0 Å². The molecular formula is C16H18ClFN2. The molecule has 4 heteroatoms. The van der Waals surface area contributed by atoms with Crippen LogP contribution in [0.15, 0.2) is 42.5 Å². The Morgan fingerprint density at radius 1 is 1.15 bits per heavy atom. The molecule has 2 nitrogen and oxygen atoms in total. The molecule has 106 valence electrons. The molecule has 0 aliphatic carbocycles. The standard InChI is InChI=1S/C16H18ClFN2/c1-2-11-3-5-12(6-4-11)9-16(20-19)14-8-7-13(18)10-15(14)17/h3-8,10,16,20H,2,9,19H2,1H3. The van der Waals surface area contributed by atoms with Crippen LogP contribution in [-0.2, 0) is 12.8 Å². The van der Waals surface area contributed by atoms with Crippen LogP contribution in [0.2, 0.25) is 5.02 Å². The van der Waals surface area contributed by atoms with E-state index in [0.717, 1.165) is 17.5 Å². The summed E-state index contributed by atoms with van der Waals surface area (Å²) in [6, 6.07) is 12.6. The zero-order chi connectivity index (χ0) is 14.5. The van der Waals surface area contributed by atoms with Crippen molar-refractivity contribution < 1.29 is 4.39 Å². The van der Waals surface area contributed by atoms with Crippen LogP contribution in [0, 0.1) is 5.82 Å². The Morgan fingerprint density at radius 2 is 1.80 bits per heavy atom. The fraction of sp³-hybridized carbons (Fsp3) is 0.250. The lowest BCUT2D eigenvalue weighted by molar-refractivity contribution is 0.549. The highest BCUT2D eigenvalue weighted by atomic mass is 35.5. The number of hydrogen-bond donors (Lipinski definition) is 2. The maximum atomic E-state index is 13.1. The van der Waals surface area contributed by atoms with Crippen molar-refractivity contribution in [1.29, 1.82) is 0 Å². The van der Waals surface area contributed by atoms with Crippen LogP contribution in [0.1, 0.15) is 29.7 Å². The van der Waals surface area contributed by atoms with Crippen molar-refractivity contribution in [1.82, 2.24) is 5.43 Å². The number of halogens is 2. The molecule has 0 heterocycles. The van der Waals surface area contributed by atoms with Crippen molar-refractivity contribution in [2.45, 2.75) is 25.8 Å². The fourth-order valence-corrected chi connectivity index (χ4v) is 2.49. The summed E-state index contributed by atoms with van der Waals surface area (Å²) >= 11 is 6.08. The molecule has 0 bridgehead atoms. The Hall–Kier alpha value is -1.42. The van der Waals surface area contributed by atoms with Crippen molar-refractivity contribution in [3.8, 4) is 0 Å². The smallest absolute Gasteiger partial charge is 0.124 e. The van der Waals surface area contributed by atoms with Gasteiger partial charge in [-0.1, -0.05) is 48.9 Å². The van der Waals surface area contributed by atoms with Crippen LogP contribution in [0.3, 0.4) is 0 Å². The van der Waals surface area contributed by atoms with Gasteiger partial charge in [-0.3, -0.25) is 11.3 Å². The van der Waals surface area contributed by atoms with E-state index >= 15 is 0 Å². The van der Waals surface area contributed by atoms with Crippen molar-refractivity contribution in [3.05, 3.63) is 70.0 Å². The Morgan fingerprint density at radius 3 is 2.35 bits per heavy atom. The van der Waals surface area contributed by atoms with Crippen LogP contribution in [0.25, 0.3) is 0 Å². The molecule has 1 unspecified atom stereocenters. The molecular weight excluding hydrogens is 275 g/mol. The minimum absolute atomic E-state index is 0.143. The third-order valence-corrected chi connectivity index (χ3v) is 3.74. The molecule has 0 saturated carbocycles. The number of hydrogen-bond acceptors (Lipinski definition) is 2. The third kappa shape index (κ3) is 3.57. The van der Waals surface area contributed by atoms with Crippen LogP contribution < -0.4 is 11.3 Å². The van der Waals surface area contributed by atoms with Gasteiger partial charge in [0.15, 0.2) is 0 Å². The number of rotatable bonds is 5. The molecule has 0 fully saturated rings. The Labute approximate surface area is 123 Å². The number of benzene rings is 2. The lowest BCUT2D eigenvalue weighted by atomic mass is 9.98. The average molecular weight is 293 g/mol. The zero-order valence-electron chi connectivity index (χ0n) is 11.4. The molecule has 3 N–H and O–H groups in total. The molecule has 1 atom stereocenters. The van der Waals surface area contributed by atoms with E-state index in [4.69, 9.17) is 17.4 Å². The molecule has 0 aliphatic rings. The van der Waals surface area contributed by atoms with Gasteiger partial charge in [-0.2, -0.15) is 0 Å². The first-order valence-electron chi connectivity index (χ1n) is 6.63. The molecule has 2 rings (SSSR count). The predicted octanol–water partition coefficient (Wildman–Crippen LogP) is 3.79. The first kappa shape index (κ1) is 15.0. The van der Waals surface area contributed by atoms with Crippen molar-refractivity contribution in [3.63, 3.8) is 0 Å². The van der Waals surface area contributed by atoms with Gasteiger partial charge in [-0.25, -0.2) is 4.39 Å². The van der Waals surface area contributed by atoms with E-state index in [9.17, 15) is 4.39 Å². The molecule has 20 heavy (non-hydrogen) atoms. The van der Waals surface area contributed by atoms with Gasteiger partial charge in [0.25, 0.3) is 0 Å². The van der Waals surface area contributed by atoms with E-state index in [2.05, 4.69) is 36.6 Å². The number of aryl methyl sites for hydroxylation is 1. The minimum atomic E-state index is -0.346. The summed E-state index contributed by atoms with van der Waals surface area (Å²) in [6.07, 6.45) is 1.72. The zero-order valence-corrected chi connectivity index (χ0v) is 12.1. The van der Waals surface area contributed by atoms with Gasteiger partial charge in [0, 0.05) is 5.02 Å². The second-order valence-electron chi connectivity index (χ2n) is 4.76. The van der Waals surface area contributed by atoms with Crippen LogP contribution >= 0.6 is 11.6 Å². The van der Waals surface area contributed by atoms with Gasteiger partial charge in [0.05, 0.1) is 6.04 Å². The summed E-state index contributed by atoms with van der Waals surface area (Å²) in [5.41, 5.74) is 6.00. The van der Waals surface area contributed by atoms with Gasteiger partial charge in [-0.05, 0) is 41.7 Å². The first-order chi connectivity index (χ1) is 9.63. The Kier molecular flexibility index (Phi) is 5.12. The summed E-state index contributed by atoms with van der Waals surface area (Å²) in [7, 11) is 0. The van der Waals surface area contributed by atoms with Crippen LogP contribution in [0.5, 0.6) is 0 Å². The van der Waals surface area contributed by atoms with E-state index in [1.807, 2.05) is 0 Å². The highest BCUT2D eigenvalue weighted by Crippen LogP contribution is 2.26. The maximum Gasteiger partial charge on any atom is 0.124 e. The first-order valence-corrected chi connectivity index (χ1v) is 7.00. The molecule has 0 spiro atoms. The van der Waals surface area contributed by atoms with Crippen LogP contribution in [0.4, 0.5) is 4.39 Å². The van der Waals surface area contributed by atoms with E-state index in [1.54, 1.807) is 6.07 Å². The molecule has 2 aromatic rings. The molecule has 0 aromatic heterocycles. The Balaban J connectivity index is 2.19. The van der Waals surface area contributed by atoms with E-state index in [0.29, 0.717) is 11.4 Å². The SMILES string of the molecule is CCc1ccc(CC(NN)c2ccc(F)cc2Cl)cc1. The van der Waals surface area contributed by atoms with Crippen molar-refractivity contribution >= 4 is 11.6 Å². The number of nitrogens with one attached hydrogen (secondary N) is 1. The summed E-state index contributed by atoms with van der Waals surface area (Å²) < 4.78 is 13.1. The van der Waals surface area contributed by atoms with E-state index in [-0.39, 0.29) is 11.9 Å². The van der Waals surface area contributed by atoms with Gasteiger partial charge in [0.1, 0.15) is 5.82 Å². The topological polar surface area (TPSA) is 38.0 Å². The van der Waals surface area contributed by atoms with Crippen molar-refractivity contribution in [2.24, 2.45) is 5.84 Å². The predicted molar refractivity (Wildman–Crippen MR) is 81.0 cm³/mol. The van der Waals surface area contributed by atoms with Crippen molar-refractivity contribution in [2.75, 3.05) is 0 Å². The second kappa shape index (κ2) is 6.84. The average Bonchev–Trinajstić information content (AvgIpc) is 2.46. The molecule has 0 aliphatic heterocycles. The maximum absolute atomic E-state index is 13.1. The molecule has 2 aromatic carbocycles. The molecule has 0 radical (unpaired) electrons. The summed E-state index contributed by atoms with van der Waals surface area (Å²) in [5.74, 6) is 5.27. The van der Waals surface area contributed by atoms with Crippen LogP contribution in [-0.4, -0.2) is 0 Å². The summed E-state index contributed by atoms with van der Waals surface area (Å²) in [6.45, 7) is 2.12. The Bertz CT molecular complexity index is 569. The lowest BCUT2D eigenvalue weighted by Gasteiger charge is -2.18. The van der Waals surface area contributed by atoms with Gasteiger partial charge >= 0.3 is 0 Å². The molecule has 0 saturated heterocycles. The number of nitrogens with two attached hydrogens (primary N) is 1. The monoisotopic (exact) mass is 292 g/mol. The highest BCUT2D eigenvalue weighted by Gasteiger charge is 2.14. The number of hydrazine groups is 1. The van der Waals surface area contributed by atoms with E-state index < -0.39 is 0 Å². The largest absolute Gasteiger partial charge is 0.271 e. The second-order valence-corrected chi connectivity index (χ2v) is 5.17. The van der Waals surface area contributed by atoms with Gasteiger partial charge in [-0.15, -0.1) is 0 Å². The quantitative estimate of drug-likeness (QED) is 0.650. The summed E-state index contributed by atoms with van der Waals surface area (Å²) in [4.78, 5) is 0. The highest BCUT2D eigenvalue weighted by molar-refractivity contribution is 6.31. The third-order valence-electron chi connectivity index (χ3n) is 3.41. The molecule has 0 amide bonds. The fourth-order valence-electron chi connectivity index (χ4n) is 2.19. The lowest BCUT2D eigenvalue weighted by Crippen LogP contribution is -2.29. The van der Waals surface area contributed by atoms with E-state index in [1.165, 1.54) is 17.7 Å².